The summed E-state index contributed by atoms with van der Waals surface area (Å²) < 4.78 is 2.08. The van der Waals surface area contributed by atoms with Gasteiger partial charge in [0.05, 0.1) is 6.20 Å². The Hall–Kier alpha value is -0.830. The van der Waals surface area contributed by atoms with Gasteiger partial charge < -0.3 is 5.32 Å². The van der Waals surface area contributed by atoms with Crippen molar-refractivity contribution in [3.63, 3.8) is 0 Å². The predicted molar refractivity (Wildman–Crippen MR) is 70.8 cm³/mol. The second kappa shape index (κ2) is 5.21. The Balaban J connectivity index is 1.69. The van der Waals surface area contributed by atoms with Crippen molar-refractivity contribution in [2.24, 2.45) is 5.41 Å². The summed E-state index contributed by atoms with van der Waals surface area (Å²) in [6, 6.07) is 0.777. The molecule has 0 radical (unpaired) electrons. The van der Waals surface area contributed by atoms with E-state index in [1.54, 1.807) is 0 Å². The van der Waals surface area contributed by atoms with E-state index in [9.17, 15) is 0 Å². The van der Waals surface area contributed by atoms with Crippen LogP contribution in [0.1, 0.15) is 52.0 Å². The highest BCUT2D eigenvalue weighted by Crippen LogP contribution is 2.21. The summed E-state index contributed by atoms with van der Waals surface area (Å²) in [6.07, 6.45) is 9.33. The molecule has 3 nitrogen and oxygen atoms in total. The lowest BCUT2D eigenvalue weighted by Crippen LogP contribution is -2.14. The highest BCUT2D eigenvalue weighted by molar-refractivity contribution is 5.04. The molecule has 0 saturated heterocycles. The van der Waals surface area contributed by atoms with Crippen molar-refractivity contribution in [1.82, 2.24) is 15.1 Å². The van der Waals surface area contributed by atoms with Crippen LogP contribution in [0, 0.1) is 5.41 Å². The molecule has 0 spiro atoms. The quantitative estimate of drug-likeness (QED) is 0.821. The van der Waals surface area contributed by atoms with Gasteiger partial charge in [0.1, 0.15) is 0 Å². The average Bonchev–Trinajstić information content (AvgIpc) is 2.95. The Bertz CT molecular complexity index is 345. The predicted octanol–water partition coefficient (Wildman–Crippen LogP) is 2.96. The first kappa shape index (κ1) is 12.6. The fourth-order valence-corrected chi connectivity index (χ4v) is 1.94. The van der Waals surface area contributed by atoms with Crippen LogP contribution in [0.3, 0.4) is 0 Å². The number of aryl methyl sites for hydroxylation is 1. The molecule has 1 aliphatic rings. The molecule has 0 bridgehead atoms. The van der Waals surface area contributed by atoms with E-state index in [-0.39, 0.29) is 0 Å². The van der Waals surface area contributed by atoms with Crippen molar-refractivity contribution < 1.29 is 0 Å². The molecule has 0 aliphatic heterocycles. The lowest BCUT2D eigenvalue weighted by molar-refractivity contribution is 0.349. The third-order valence-corrected chi connectivity index (χ3v) is 3.17. The van der Waals surface area contributed by atoms with Gasteiger partial charge in [-0.2, -0.15) is 5.10 Å². The van der Waals surface area contributed by atoms with Crippen LogP contribution in [0.25, 0.3) is 0 Å². The molecule has 1 aromatic heterocycles. The molecule has 1 aliphatic carbocycles. The summed E-state index contributed by atoms with van der Waals surface area (Å²) >= 11 is 0. The maximum absolute atomic E-state index is 4.41. The maximum Gasteiger partial charge on any atom is 0.0534 e. The minimum absolute atomic E-state index is 0.434. The molecular formula is C14H25N3. The summed E-state index contributed by atoms with van der Waals surface area (Å²) in [6.45, 7) is 8.90. The van der Waals surface area contributed by atoms with E-state index in [4.69, 9.17) is 0 Å². The zero-order valence-electron chi connectivity index (χ0n) is 11.4. The molecule has 0 aromatic carbocycles. The van der Waals surface area contributed by atoms with Gasteiger partial charge in [-0.1, -0.05) is 20.8 Å². The molecular weight excluding hydrogens is 210 g/mol. The lowest BCUT2D eigenvalue weighted by Gasteiger charge is -2.17. The minimum Gasteiger partial charge on any atom is -0.310 e. The van der Waals surface area contributed by atoms with Crippen LogP contribution in [-0.2, 0) is 13.1 Å². The summed E-state index contributed by atoms with van der Waals surface area (Å²) in [5.41, 5.74) is 1.75. The molecule has 0 atom stereocenters. The van der Waals surface area contributed by atoms with Gasteiger partial charge in [0.15, 0.2) is 0 Å². The molecule has 3 heteroatoms. The van der Waals surface area contributed by atoms with Crippen molar-refractivity contribution in [2.45, 2.75) is 65.6 Å². The van der Waals surface area contributed by atoms with Gasteiger partial charge in [0, 0.05) is 30.9 Å². The highest BCUT2D eigenvalue weighted by atomic mass is 15.3. The molecule has 1 heterocycles. The Morgan fingerprint density at radius 3 is 2.82 bits per heavy atom. The molecule has 96 valence electrons. The van der Waals surface area contributed by atoms with Gasteiger partial charge in [0.2, 0.25) is 0 Å². The number of aromatic nitrogens is 2. The fourth-order valence-electron chi connectivity index (χ4n) is 1.94. The van der Waals surface area contributed by atoms with Gasteiger partial charge in [-0.3, -0.25) is 4.68 Å². The summed E-state index contributed by atoms with van der Waals surface area (Å²) in [7, 11) is 0. The van der Waals surface area contributed by atoms with Crippen LogP contribution in [-0.4, -0.2) is 15.8 Å². The SMILES string of the molecule is CC(C)(C)CCCn1cc(CNC2CC2)cn1. The first-order valence-electron chi connectivity index (χ1n) is 6.78. The van der Waals surface area contributed by atoms with E-state index in [1.165, 1.54) is 31.2 Å². The topological polar surface area (TPSA) is 29.9 Å². The van der Waals surface area contributed by atoms with Gasteiger partial charge in [-0.05, 0) is 31.1 Å². The van der Waals surface area contributed by atoms with Crippen molar-refractivity contribution in [2.75, 3.05) is 0 Å². The third kappa shape index (κ3) is 4.90. The third-order valence-electron chi connectivity index (χ3n) is 3.17. The van der Waals surface area contributed by atoms with Gasteiger partial charge >= 0.3 is 0 Å². The zero-order chi connectivity index (χ0) is 12.3. The smallest absolute Gasteiger partial charge is 0.0534 e. The largest absolute Gasteiger partial charge is 0.310 e. The first-order valence-corrected chi connectivity index (χ1v) is 6.78. The Kier molecular flexibility index (Phi) is 3.87. The number of hydrogen-bond acceptors (Lipinski definition) is 2. The summed E-state index contributed by atoms with van der Waals surface area (Å²) in [4.78, 5) is 0. The first-order chi connectivity index (χ1) is 8.03. The Morgan fingerprint density at radius 2 is 2.18 bits per heavy atom. The summed E-state index contributed by atoms with van der Waals surface area (Å²) in [5.74, 6) is 0. The molecule has 1 aromatic rings. The average molecular weight is 235 g/mol. The van der Waals surface area contributed by atoms with E-state index in [0.29, 0.717) is 5.41 Å². The zero-order valence-corrected chi connectivity index (χ0v) is 11.4. The molecule has 0 amide bonds. The van der Waals surface area contributed by atoms with E-state index in [1.807, 2.05) is 6.20 Å². The van der Waals surface area contributed by atoms with Crippen molar-refractivity contribution >= 4 is 0 Å². The van der Waals surface area contributed by atoms with Crippen molar-refractivity contribution in [1.29, 1.82) is 0 Å². The minimum atomic E-state index is 0.434. The molecule has 1 N–H and O–H groups in total. The monoisotopic (exact) mass is 235 g/mol. The molecule has 2 rings (SSSR count). The van der Waals surface area contributed by atoms with Gasteiger partial charge in [-0.15, -0.1) is 0 Å². The standard InChI is InChI=1S/C14H25N3/c1-14(2,3)7-4-8-17-11-12(10-16-17)9-15-13-5-6-13/h10-11,13,15H,4-9H2,1-3H3. The summed E-state index contributed by atoms with van der Waals surface area (Å²) in [5, 5.41) is 7.92. The second-order valence-electron chi connectivity index (χ2n) is 6.43. The Morgan fingerprint density at radius 1 is 1.41 bits per heavy atom. The fraction of sp³-hybridized carbons (Fsp3) is 0.786. The van der Waals surface area contributed by atoms with Crippen LogP contribution < -0.4 is 5.32 Å². The van der Waals surface area contributed by atoms with Gasteiger partial charge in [-0.25, -0.2) is 0 Å². The van der Waals surface area contributed by atoms with Gasteiger partial charge in [0.25, 0.3) is 0 Å². The second-order valence-corrected chi connectivity index (χ2v) is 6.43. The number of hydrogen-bond donors (Lipinski definition) is 1. The molecule has 1 fully saturated rings. The molecule has 1 saturated carbocycles. The number of nitrogens with zero attached hydrogens (tertiary/aromatic N) is 2. The van der Waals surface area contributed by atoms with Crippen LogP contribution >= 0.6 is 0 Å². The van der Waals surface area contributed by atoms with Crippen LogP contribution in [0.15, 0.2) is 12.4 Å². The Labute approximate surface area is 105 Å². The number of rotatable bonds is 6. The molecule has 17 heavy (non-hydrogen) atoms. The van der Waals surface area contributed by atoms with E-state index >= 15 is 0 Å². The normalized spacial score (nSPS) is 16.4. The maximum atomic E-state index is 4.41. The number of nitrogens with one attached hydrogen (secondary N) is 1. The van der Waals surface area contributed by atoms with Crippen molar-refractivity contribution in [3.8, 4) is 0 Å². The van der Waals surface area contributed by atoms with Crippen molar-refractivity contribution in [3.05, 3.63) is 18.0 Å². The van der Waals surface area contributed by atoms with E-state index in [0.717, 1.165) is 19.1 Å². The van der Waals surface area contributed by atoms with E-state index < -0.39 is 0 Å². The van der Waals surface area contributed by atoms with Crippen LogP contribution in [0.4, 0.5) is 0 Å². The molecule has 0 unspecified atom stereocenters. The van der Waals surface area contributed by atoms with E-state index in [2.05, 4.69) is 42.1 Å². The lowest BCUT2D eigenvalue weighted by atomic mass is 9.91. The van der Waals surface area contributed by atoms with Crippen LogP contribution in [0.2, 0.25) is 0 Å². The van der Waals surface area contributed by atoms with Crippen LogP contribution in [0.5, 0.6) is 0 Å². The highest BCUT2D eigenvalue weighted by Gasteiger charge is 2.20.